The van der Waals surface area contributed by atoms with E-state index < -0.39 is 0 Å². The molecule has 4 heteroatoms. The highest BCUT2D eigenvalue weighted by Crippen LogP contribution is 2.12. The van der Waals surface area contributed by atoms with Gasteiger partial charge < -0.3 is 14.5 Å². The van der Waals surface area contributed by atoms with Crippen molar-refractivity contribution in [3.8, 4) is 0 Å². The average Bonchev–Trinajstić information content (AvgIpc) is 2.31. The van der Waals surface area contributed by atoms with E-state index in [1.807, 2.05) is 6.08 Å². The number of hydrogen-bond acceptors (Lipinski definition) is 4. The van der Waals surface area contributed by atoms with Crippen LogP contribution >= 0.6 is 12.6 Å². The first-order valence-electron chi connectivity index (χ1n) is 3.43. The smallest absolute Gasteiger partial charge is 0.181 e. The fourth-order valence-corrected chi connectivity index (χ4v) is 2.68. The summed E-state index contributed by atoms with van der Waals surface area (Å²) in [5, 5.41) is 4.14. The van der Waals surface area contributed by atoms with Crippen LogP contribution in [0.2, 0.25) is 0 Å². The Morgan fingerprint density at radius 2 is 2.33 bits per heavy atom. The quantitative estimate of drug-likeness (QED) is 0.384. The molecule has 1 aromatic rings. The molecule has 2 heterocycles. The molecule has 12 heavy (non-hydrogen) atoms. The third-order valence-electron chi connectivity index (χ3n) is 1.51. The van der Waals surface area contributed by atoms with Crippen molar-refractivity contribution in [2.75, 3.05) is 6.26 Å². The van der Waals surface area contributed by atoms with E-state index in [0.717, 1.165) is 16.4 Å². The molecule has 0 saturated carbocycles. The second-order valence-electron chi connectivity index (χ2n) is 2.51. The number of nitrogens with zero attached hydrogens (tertiary/aromatic N) is 1. The Bertz CT molecular complexity index is 422. The molecule has 1 aliphatic heterocycles. The predicted molar refractivity (Wildman–Crippen MR) is 58.0 cm³/mol. The zero-order chi connectivity index (χ0) is 8.55. The standard InChI is InChI=1S/C8H8NOS2/c1-12-3-6(11)2-7-8(4-12)10-5-9-7/h2-5,11H,1H3/q-1. The van der Waals surface area contributed by atoms with Gasteiger partial charge in [0.05, 0.1) is 0 Å². The summed E-state index contributed by atoms with van der Waals surface area (Å²) in [6, 6.07) is 0. The van der Waals surface area contributed by atoms with E-state index in [0.29, 0.717) is 0 Å². The molecule has 0 amide bonds. The molecule has 0 atom stereocenters. The van der Waals surface area contributed by atoms with Crippen LogP contribution in [0.4, 0.5) is 0 Å². The van der Waals surface area contributed by atoms with Gasteiger partial charge >= 0.3 is 0 Å². The zero-order valence-corrected chi connectivity index (χ0v) is 8.23. The van der Waals surface area contributed by atoms with E-state index >= 15 is 0 Å². The van der Waals surface area contributed by atoms with E-state index in [1.54, 1.807) is 0 Å². The summed E-state index contributed by atoms with van der Waals surface area (Å²) in [5.41, 5.74) is 0.869. The largest absolute Gasteiger partial charge is 0.469 e. The van der Waals surface area contributed by atoms with E-state index in [-0.39, 0.29) is 10.1 Å². The van der Waals surface area contributed by atoms with Crippen LogP contribution in [0.5, 0.6) is 0 Å². The second kappa shape index (κ2) is 3.03. The first kappa shape index (κ1) is 8.01. The molecule has 0 spiro atoms. The average molecular weight is 198 g/mol. The van der Waals surface area contributed by atoms with Crippen molar-refractivity contribution < 1.29 is 4.42 Å². The molecule has 0 N–H and O–H groups in total. The highest BCUT2D eigenvalue weighted by molar-refractivity contribution is 7.96. The summed E-state index contributed by atoms with van der Waals surface area (Å²) >= 11 is 4.30. The van der Waals surface area contributed by atoms with Crippen molar-refractivity contribution >= 4 is 39.5 Å². The molecule has 0 unspecified atom stereocenters. The summed E-state index contributed by atoms with van der Waals surface area (Å²) in [6.45, 7) is 0. The molecular formula is C8H8NOS2-. The van der Waals surface area contributed by atoms with Crippen LogP contribution in [0.1, 0.15) is 11.5 Å². The Kier molecular flexibility index (Phi) is 2.02. The van der Waals surface area contributed by atoms with Crippen molar-refractivity contribution in [1.82, 2.24) is 4.98 Å². The number of oxazole rings is 1. The minimum atomic E-state index is 0.0942. The van der Waals surface area contributed by atoms with Gasteiger partial charge in [-0.1, -0.05) is 0 Å². The number of allylic oxidation sites excluding steroid dienone is 1. The molecule has 2 rings (SSSR count). The Balaban J connectivity index is 2.70. The third kappa shape index (κ3) is 1.44. The molecule has 0 aromatic carbocycles. The predicted octanol–water partition coefficient (Wildman–Crippen LogP) is 1.16. The fourth-order valence-electron chi connectivity index (χ4n) is 1.03. The highest BCUT2D eigenvalue weighted by Gasteiger charge is 2.00. The molecule has 0 fully saturated rings. The van der Waals surface area contributed by atoms with E-state index in [1.165, 1.54) is 6.39 Å². The number of fused-ring (bicyclic) bond motifs is 1. The van der Waals surface area contributed by atoms with Crippen molar-refractivity contribution in [1.29, 1.82) is 0 Å². The monoisotopic (exact) mass is 198 g/mol. The summed E-state index contributed by atoms with van der Waals surface area (Å²) in [6.07, 6.45) is 5.48. The SMILES string of the molecule is C[S-]1=CC(S)=Cc2ncoc2C=1. The Morgan fingerprint density at radius 3 is 3.17 bits per heavy atom. The number of rotatable bonds is 0. The van der Waals surface area contributed by atoms with Crippen LogP contribution in [0, 0.1) is 0 Å². The lowest BCUT2D eigenvalue weighted by Gasteiger charge is -1.98. The van der Waals surface area contributed by atoms with Gasteiger partial charge in [-0.15, -0.1) is 24.3 Å². The maximum absolute atomic E-state index is 5.20. The van der Waals surface area contributed by atoms with Crippen molar-refractivity contribution in [3.63, 3.8) is 0 Å². The lowest BCUT2D eigenvalue weighted by molar-refractivity contribution is 0.552. The number of thiol groups is 1. The molecule has 0 saturated heterocycles. The van der Waals surface area contributed by atoms with Crippen LogP contribution in [0.25, 0.3) is 6.08 Å². The van der Waals surface area contributed by atoms with Crippen LogP contribution in [-0.4, -0.2) is 22.0 Å². The minimum Gasteiger partial charge on any atom is -0.469 e. The Labute approximate surface area is 78.2 Å². The fraction of sp³-hybridized carbons (Fsp3) is 0.125. The van der Waals surface area contributed by atoms with Crippen molar-refractivity contribution in [2.45, 2.75) is 0 Å². The first-order valence-corrected chi connectivity index (χ1v) is 5.64. The van der Waals surface area contributed by atoms with Crippen molar-refractivity contribution in [3.05, 3.63) is 22.8 Å². The first-order chi connectivity index (χ1) is 5.75. The molecule has 0 aliphatic carbocycles. The van der Waals surface area contributed by atoms with Gasteiger partial charge in [0.2, 0.25) is 0 Å². The van der Waals surface area contributed by atoms with E-state index in [2.05, 4.69) is 34.6 Å². The summed E-state index contributed by atoms with van der Waals surface area (Å²) in [7, 11) is 0.0942. The molecule has 0 bridgehead atoms. The van der Waals surface area contributed by atoms with E-state index in [9.17, 15) is 0 Å². The zero-order valence-electron chi connectivity index (χ0n) is 6.52. The van der Waals surface area contributed by atoms with Crippen LogP contribution in [0.15, 0.2) is 15.7 Å². The third-order valence-corrected chi connectivity index (χ3v) is 3.15. The highest BCUT2D eigenvalue weighted by atomic mass is 32.2. The summed E-state index contributed by atoms with van der Waals surface area (Å²) in [4.78, 5) is 5.01. The lowest BCUT2D eigenvalue weighted by atomic mass is 10.3. The maximum atomic E-state index is 5.20. The lowest BCUT2D eigenvalue weighted by Crippen LogP contribution is -1.84. The molecule has 1 aliphatic rings. The maximum Gasteiger partial charge on any atom is 0.181 e. The minimum absolute atomic E-state index is 0.0942. The second-order valence-corrected chi connectivity index (χ2v) is 4.72. The van der Waals surface area contributed by atoms with Gasteiger partial charge in [0, 0.05) is 0 Å². The van der Waals surface area contributed by atoms with Crippen LogP contribution in [-0.2, 0) is 10.1 Å². The topological polar surface area (TPSA) is 26.0 Å². The van der Waals surface area contributed by atoms with E-state index in [4.69, 9.17) is 4.42 Å². The van der Waals surface area contributed by atoms with Crippen molar-refractivity contribution in [2.24, 2.45) is 0 Å². The van der Waals surface area contributed by atoms with Crippen LogP contribution < -0.4 is 0 Å². The van der Waals surface area contributed by atoms with Gasteiger partial charge in [0.25, 0.3) is 0 Å². The van der Waals surface area contributed by atoms with Gasteiger partial charge in [0.1, 0.15) is 11.5 Å². The van der Waals surface area contributed by atoms with Gasteiger partial charge in [-0.05, 0) is 11.0 Å². The number of aromatic nitrogens is 1. The summed E-state index contributed by atoms with van der Waals surface area (Å²) in [5.74, 6) is 0.848. The van der Waals surface area contributed by atoms with Gasteiger partial charge in [0.15, 0.2) is 6.39 Å². The van der Waals surface area contributed by atoms with Gasteiger partial charge in [-0.3, -0.25) is 0 Å². The Morgan fingerprint density at radius 1 is 1.50 bits per heavy atom. The Hall–Kier alpha value is -0.610. The molecule has 64 valence electrons. The molecule has 1 aromatic heterocycles. The normalized spacial score (nSPS) is 17.0. The van der Waals surface area contributed by atoms with Gasteiger partial charge in [-0.25, -0.2) is 4.98 Å². The molecular weight excluding hydrogens is 190 g/mol. The summed E-state index contributed by atoms with van der Waals surface area (Å²) < 4.78 is 5.20. The molecule has 2 nitrogen and oxygen atoms in total. The molecule has 0 radical (unpaired) electrons. The number of hydrogen-bond donors (Lipinski definition) is 1. The van der Waals surface area contributed by atoms with Gasteiger partial charge in [-0.2, -0.15) is 5.37 Å². The van der Waals surface area contributed by atoms with Crippen LogP contribution in [0.3, 0.4) is 0 Å².